The van der Waals surface area contributed by atoms with E-state index < -0.39 is 0 Å². The molecule has 0 aliphatic carbocycles. The third-order valence-electron chi connectivity index (χ3n) is 3.39. The standard InChI is InChI=1S/C19H33N3O3.2ClH/c1-19(2,3)21-18(23)14-25-16-9-8-15(12-17(16)24-6)13-20-10-7-11-22(4)5;;/h8-9,12,20H,7,10-11,13-14H2,1-6H3,(H,21,23);2*1H. The molecule has 0 unspecified atom stereocenters. The molecule has 2 N–H and O–H groups in total. The van der Waals surface area contributed by atoms with E-state index >= 15 is 0 Å². The predicted molar refractivity (Wildman–Crippen MR) is 116 cm³/mol. The molecule has 0 spiro atoms. The van der Waals surface area contributed by atoms with Crippen molar-refractivity contribution in [3.8, 4) is 11.5 Å². The Morgan fingerprint density at radius 2 is 1.81 bits per heavy atom. The third kappa shape index (κ3) is 12.7. The fraction of sp³-hybridized carbons (Fsp3) is 0.632. The summed E-state index contributed by atoms with van der Waals surface area (Å²) in [5.74, 6) is 1.06. The molecule has 0 saturated heterocycles. The van der Waals surface area contributed by atoms with Crippen LogP contribution in [0.25, 0.3) is 0 Å². The van der Waals surface area contributed by atoms with Crippen LogP contribution in [0.4, 0.5) is 0 Å². The first-order chi connectivity index (χ1) is 11.7. The van der Waals surface area contributed by atoms with Gasteiger partial charge in [-0.1, -0.05) is 6.07 Å². The summed E-state index contributed by atoms with van der Waals surface area (Å²) in [5, 5.41) is 6.28. The van der Waals surface area contributed by atoms with Crippen LogP contribution in [0.15, 0.2) is 18.2 Å². The van der Waals surface area contributed by atoms with Crippen molar-refractivity contribution in [3.63, 3.8) is 0 Å². The van der Waals surface area contributed by atoms with Crippen LogP contribution < -0.4 is 20.1 Å². The quantitative estimate of drug-likeness (QED) is 0.566. The van der Waals surface area contributed by atoms with E-state index in [2.05, 4.69) is 29.6 Å². The molecule has 1 aromatic carbocycles. The molecule has 0 fully saturated rings. The predicted octanol–water partition coefficient (Wildman–Crippen LogP) is 2.87. The monoisotopic (exact) mass is 423 g/mol. The third-order valence-corrected chi connectivity index (χ3v) is 3.39. The number of halogens is 2. The maximum Gasteiger partial charge on any atom is 0.258 e. The number of amides is 1. The smallest absolute Gasteiger partial charge is 0.258 e. The number of carbonyl (C=O) groups excluding carboxylic acids is 1. The van der Waals surface area contributed by atoms with Gasteiger partial charge in [-0.05, 0) is 72.1 Å². The highest BCUT2D eigenvalue weighted by Crippen LogP contribution is 2.28. The van der Waals surface area contributed by atoms with E-state index in [0.29, 0.717) is 11.5 Å². The van der Waals surface area contributed by atoms with E-state index in [1.165, 1.54) is 0 Å². The number of ether oxygens (including phenoxy) is 2. The Labute approximate surface area is 176 Å². The average molecular weight is 424 g/mol. The highest BCUT2D eigenvalue weighted by molar-refractivity contribution is 5.85. The zero-order chi connectivity index (χ0) is 18.9. The maximum absolute atomic E-state index is 11.9. The molecule has 0 aromatic heterocycles. The number of hydrogen-bond acceptors (Lipinski definition) is 5. The lowest BCUT2D eigenvalue weighted by Gasteiger charge is -2.20. The Balaban J connectivity index is 0. The Hall–Kier alpha value is -1.21. The first-order valence-corrected chi connectivity index (χ1v) is 8.67. The molecule has 0 atom stereocenters. The highest BCUT2D eigenvalue weighted by atomic mass is 35.5. The Bertz CT molecular complexity index is 549. The van der Waals surface area contributed by atoms with Gasteiger partial charge in [0.15, 0.2) is 18.1 Å². The lowest BCUT2D eigenvalue weighted by atomic mass is 10.1. The van der Waals surface area contributed by atoms with Gasteiger partial charge in [0, 0.05) is 12.1 Å². The first kappa shape index (κ1) is 28.0. The second-order valence-electron chi connectivity index (χ2n) is 7.41. The first-order valence-electron chi connectivity index (χ1n) is 8.67. The van der Waals surface area contributed by atoms with Crippen LogP contribution >= 0.6 is 24.8 Å². The molecule has 8 heteroatoms. The summed E-state index contributed by atoms with van der Waals surface area (Å²) in [6.07, 6.45) is 1.11. The fourth-order valence-electron chi connectivity index (χ4n) is 2.29. The van der Waals surface area contributed by atoms with Crippen molar-refractivity contribution in [1.29, 1.82) is 0 Å². The van der Waals surface area contributed by atoms with Gasteiger partial charge in [0.25, 0.3) is 5.91 Å². The Morgan fingerprint density at radius 1 is 1.15 bits per heavy atom. The summed E-state index contributed by atoms with van der Waals surface area (Å²) < 4.78 is 11.0. The Kier molecular flexibility index (Phi) is 14.4. The number of rotatable bonds is 10. The molecule has 0 radical (unpaired) electrons. The van der Waals surface area contributed by atoms with Crippen molar-refractivity contribution in [2.75, 3.05) is 40.9 Å². The van der Waals surface area contributed by atoms with Crippen molar-refractivity contribution in [2.24, 2.45) is 0 Å². The zero-order valence-corrected chi connectivity index (χ0v) is 18.9. The molecule has 27 heavy (non-hydrogen) atoms. The van der Waals surface area contributed by atoms with E-state index in [1.54, 1.807) is 7.11 Å². The topological polar surface area (TPSA) is 62.8 Å². The van der Waals surface area contributed by atoms with Gasteiger partial charge in [0.1, 0.15) is 0 Å². The molecular formula is C19H35Cl2N3O3. The molecule has 0 aliphatic rings. The number of hydrogen-bond donors (Lipinski definition) is 2. The number of nitrogens with one attached hydrogen (secondary N) is 2. The number of nitrogens with zero attached hydrogens (tertiary/aromatic N) is 1. The summed E-state index contributed by atoms with van der Waals surface area (Å²) in [4.78, 5) is 14.0. The lowest BCUT2D eigenvalue weighted by Crippen LogP contribution is -2.43. The van der Waals surface area contributed by atoms with Crippen LogP contribution in [0.2, 0.25) is 0 Å². The van der Waals surface area contributed by atoms with Crippen LogP contribution in [0.1, 0.15) is 32.8 Å². The van der Waals surface area contributed by atoms with Crippen molar-refractivity contribution in [2.45, 2.75) is 39.3 Å². The van der Waals surface area contributed by atoms with Crippen LogP contribution in [0.3, 0.4) is 0 Å². The summed E-state index contributed by atoms with van der Waals surface area (Å²) in [7, 11) is 5.75. The second kappa shape index (κ2) is 13.9. The number of carbonyl (C=O) groups is 1. The molecule has 1 rings (SSSR count). The average Bonchev–Trinajstić information content (AvgIpc) is 2.51. The van der Waals surface area contributed by atoms with Crippen LogP contribution in [-0.4, -0.2) is 57.2 Å². The molecule has 158 valence electrons. The van der Waals surface area contributed by atoms with Gasteiger partial charge in [0.2, 0.25) is 0 Å². The van der Waals surface area contributed by atoms with E-state index in [9.17, 15) is 4.79 Å². The van der Waals surface area contributed by atoms with Gasteiger partial charge in [-0.25, -0.2) is 0 Å². The zero-order valence-electron chi connectivity index (χ0n) is 17.3. The van der Waals surface area contributed by atoms with Gasteiger partial charge in [-0.15, -0.1) is 24.8 Å². The number of benzene rings is 1. The SMILES string of the molecule is COc1cc(CNCCCN(C)C)ccc1OCC(=O)NC(C)(C)C.Cl.Cl. The maximum atomic E-state index is 11.9. The fourth-order valence-corrected chi connectivity index (χ4v) is 2.29. The van der Waals surface area contributed by atoms with Crippen LogP contribution in [-0.2, 0) is 11.3 Å². The minimum absolute atomic E-state index is 0. The lowest BCUT2D eigenvalue weighted by molar-refractivity contribution is -0.124. The molecule has 6 nitrogen and oxygen atoms in total. The summed E-state index contributed by atoms with van der Waals surface area (Å²) in [6.45, 7) is 8.58. The summed E-state index contributed by atoms with van der Waals surface area (Å²) in [5.41, 5.74) is 0.848. The Morgan fingerprint density at radius 3 is 2.37 bits per heavy atom. The van der Waals surface area contributed by atoms with E-state index in [-0.39, 0.29) is 42.9 Å². The minimum atomic E-state index is -0.271. The van der Waals surface area contributed by atoms with E-state index in [1.807, 2.05) is 39.0 Å². The molecule has 0 aliphatic heterocycles. The highest BCUT2D eigenvalue weighted by Gasteiger charge is 2.15. The van der Waals surface area contributed by atoms with Gasteiger partial charge < -0.3 is 25.0 Å². The van der Waals surface area contributed by atoms with Gasteiger partial charge in [-0.2, -0.15) is 0 Å². The summed E-state index contributed by atoms with van der Waals surface area (Å²) >= 11 is 0. The minimum Gasteiger partial charge on any atom is -0.493 e. The van der Waals surface area contributed by atoms with Gasteiger partial charge in [0.05, 0.1) is 7.11 Å². The van der Waals surface area contributed by atoms with Crippen LogP contribution in [0.5, 0.6) is 11.5 Å². The van der Waals surface area contributed by atoms with Crippen molar-refractivity contribution < 1.29 is 14.3 Å². The normalized spacial score (nSPS) is 10.6. The molecule has 0 bridgehead atoms. The molecule has 1 amide bonds. The van der Waals surface area contributed by atoms with Crippen molar-refractivity contribution >= 4 is 30.7 Å². The van der Waals surface area contributed by atoms with Gasteiger partial charge >= 0.3 is 0 Å². The molecule has 0 saturated carbocycles. The second-order valence-corrected chi connectivity index (χ2v) is 7.41. The summed E-state index contributed by atoms with van der Waals surface area (Å²) in [6, 6.07) is 5.77. The van der Waals surface area contributed by atoms with E-state index in [4.69, 9.17) is 9.47 Å². The van der Waals surface area contributed by atoms with Gasteiger partial charge in [-0.3, -0.25) is 4.79 Å². The molecule has 0 heterocycles. The van der Waals surface area contributed by atoms with E-state index in [0.717, 1.165) is 31.6 Å². The molecule has 1 aromatic rings. The van der Waals surface area contributed by atoms with Crippen molar-refractivity contribution in [3.05, 3.63) is 23.8 Å². The number of methoxy groups -OCH3 is 1. The van der Waals surface area contributed by atoms with Crippen LogP contribution in [0, 0.1) is 0 Å². The van der Waals surface area contributed by atoms with Crippen molar-refractivity contribution in [1.82, 2.24) is 15.5 Å². The molecular weight excluding hydrogens is 389 g/mol. The largest absolute Gasteiger partial charge is 0.493 e.